The first kappa shape index (κ1) is 94.1. The van der Waals surface area contributed by atoms with Crippen molar-refractivity contribution in [1.82, 2.24) is 34.9 Å². The molecule has 4 N–H and O–H groups in total. The number of carbonyl (C=O) groups excluding carboxylic acids is 4. The van der Waals surface area contributed by atoms with E-state index in [-0.39, 0.29) is 105 Å². The first-order valence-corrected chi connectivity index (χ1v) is 50.0. The highest BCUT2D eigenvalue weighted by atomic mass is 35.5. The number of para-hydroxylation sites is 1. The Kier molecular flexibility index (Phi) is 28.1. The molecular weight excluding hydrogens is 1870 g/mol. The molecule has 0 spiro atoms. The number of aromatic nitrogens is 7. The number of nitrogens with zero attached hydrogens (tertiary/aromatic N) is 11. The number of aryl methyl sites for hydroxylation is 3. The summed E-state index contributed by atoms with van der Waals surface area (Å²) in [5, 5.41) is 16.0. The Morgan fingerprint density at radius 2 is 0.693 bits per heavy atom. The largest absolute Gasteiger partial charge is 0.359 e. The number of hydrogen-bond donors (Lipinski definition) is 4. The Balaban J connectivity index is 0.000000127. The van der Waals surface area contributed by atoms with Gasteiger partial charge in [-0.2, -0.15) is 0 Å². The van der Waals surface area contributed by atoms with Crippen LogP contribution in [0.4, 0.5) is 45.5 Å². The Labute approximate surface area is 798 Å². The van der Waals surface area contributed by atoms with Gasteiger partial charge in [-0.15, -0.1) is 0 Å². The summed E-state index contributed by atoms with van der Waals surface area (Å²) in [6.07, 6.45) is 10.3. The van der Waals surface area contributed by atoms with Crippen LogP contribution in [0.2, 0.25) is 10.0 Å². The fourth-order valence-corrected chi connectivity index (χ4v) is 20.7. The average molecular weight is 1950 g/mol. The Morgan fingerprint density at radius 3 is 1.14 bits per heavy atom. The fraction of sp³-hybridized carbons (Fsp3) is 0.150. The highest BCUT2D eigenvalue weighted by molar-refractivity contribution is 7.93. The molecule has 37 heteroatoms. The van der Waals surface area contributed by atoms with Crippen molar-refractivity contribution in [1.29, 1.82) is 0 Å². The normalized spacial score (nSPS) is 15.2. The molecule has 31 nitrogen and oxygen atoms in total. The number of benzene rings is 9. The molecule has 694 valence electrons. The van der Waals surface area contributed by atoms with E-state index >= 15 is 0 Å². The number of amides is 4. The Morgan fingerprint density at radius 1 is 0.321 bits per heavy atom. The van der Waals surface area contributed by atoms with Gasteiger partial charge in [0.25, 0.3) is 23.6 Å². The van der Waals surface area contributed by atoms with Crippen molar-refractivity contribution < 1.29 is 71.8 Å². The standard InChI is InChI=1S/C26H23N3O4S.2C25H22N4O4S.C24H18Cl2N4O4S/c1-18-6-10-21(16-23(18)25-13-9-19-4-2-3-5-24(19)28-25)27-26(30)20-7-11-22(12-8-20)29-17-33-14-15-34(29,31)32;1-17-2-6-20(14-22(17)24-9-5-19-15-26-11-10-23(19)28-24)27-25(30)18-3-7-21(8-4-18)29-16-33-12-13-34(29,31)32;1-17-4-7-19(15-22(17)24-21-3-2-11-26-23(21)10-12-27-24)28-25(30)18-5-8-20(9-6-18)29-16-33-13-14-34(29,31)32;25-20-5-2-16(11-19(20)23-6-1-15-13-27-8-7-22(15)29-23)28-24(31)18-4-3-17(12-21(18)26)30-14-34-9-10-35(30,32)33/h2-13,16H,14-15,17H2,1H3,(H,27,30);2-11,14-15H,12-13,16H2,1H3,(H,27,30);2-12,15H,13-14,16H2,1H3,(H,28,30);1-8,11-13H,9-10,14H2,(H,28,31). The number of carbonyl (C=O) groups is 4. The van der Waals surface area contributed by atoms with Crippen LogP contribution in [0.3, 0.4) is 0 Å². The predicted octanol–water partition coefficient (Wildman–Crippen LogP) is 17.5. The molecule has 0 bridgehead atoms. The molecule has 4 saturated heterocycles. The Hall–Kier alpha value is -14.6. The van der Waals surface area contributed by atoms with Crippen LogP contribution in [0.25, 0.3) is 88.6 Å². The first-order chi connectivity index (χ1) is 66.0. The van der Waals surface area contributed by atoms with Crippen molar-refractivity contribution in [3.05, 3.63) is 341 Å². The van der Waals surface area contributed by atoms with Gasteiger partial charge in [-0.25, -0.2) is 65.8 Å². The van der Waals surface area contributed by atoms with Crippen LogP contribution in [0.5, 0.6) is 0 Å². The third-order valence-corrected chi connectivity index (χ3v) is 30.1. The van der Waals surface area contributed by atoms with Crippen molar-refractivity contribution >= 4 is 176 Å². The van der Waals surface area contributed by atoms with Gasteiger partial charge >= 0.3 is 0 Å². The summed E-state index contributed by atoms with van der Waals surface area (Å²) in [5.74, 6) is -1.63. The van der Waals surface area contributed by atoms with Gasteiger partial charge in [0.1, 0.15) is 26.9 Å². The summed E-state index contributed by atoms with van der Waals surface area (Å²) in [6.45, 7) is 6.51. The van der Waals surface area contributed by atoms with E-state index in [9.17, 15) is 52.8 Å². The third kappa shape index (κ3) is 21.8. The van der Waals surface area contributed by atoms with E-state index in [1.165, 1.54) is 31.1 Å². The number of hydrogen-bond acceptors (Lipinski definition) is 23. The predicted molar refractivity (Wildman–Crippen MR) is 532 cm³/mol. The molecule has 11 heterocycles. The van der Waals surface area contributed by atoms with E-state index in [0.717, 1.165) is 98.4 Å². The maximum Gasteiger partial charge on any atom is 0.257 e. The minimum atomic E-state index is -3.50. The van der Waals surface area contributed by atoms with Crippen molar-refractivity contribution in [2.45, 2.75) is 20.8 Å². The second-order valence-electron chi connectivity index (χ2n) is 31.9. The zero-order chi connectivity index (χ0) is 95.7. The fourth-order valence-electron chi connectivity index (χ4n) is 15.3. The number of sulfonamides is 4. The maximum absolute atomic E-state index is 12.9. The minimum Gasteiger partial charge on any atom is -0.359 e. The summed E-state index contributed by atoms with van der Waals surface area (Å²) in [7, 11) is -13.7. The molecule has 4 aliphatic heterocycles. The van der Waals surface area contributed by atoms with Gasteiger partial charge < -0.3 is 40.2 Å². The van der Waals surface area contributed by atoms with Crippen LogP contribution < -0.4 is 38.5 Å². The van der Waals surface area contributed by atoms with Crippen molar-refractivity contribution in [3.8, 4) is 45.0 Å². The molecule has 4 fully saturated rings. The number of rotatable bonds is 16. The molecule has 0 saturated carbocycles. The molecule has 4 aliphatic rings. The maximum atomic E-state index is 12.9. The lowest BCUT2D eigenvalue weighted by Crippen LogP contribution is -2.41. The zero-order valence-electron chi connectivity index (χ0n) is 73.5. The molecule has 16 aromatic rings. The Bertz CT molecular complexity index is 7620. The molecular formula is C100H85Cl2N15O16S4. The molecule has 4 amide bonds. The number of halogens is 2. The van der Waals surface area contributed by atoms with Gasteiger partial charge in [0.2, 0.25) is 40.1 Å². The first-order valence-electron chi connectivity index (χ1n) is 42.8. The lowest BCUT2D eigenvalue weighted by Gasteiger charge is -2.28. The van der Waals surface area contributed by atoms with Gasteiger partial charge in [0.05, 0.1) is 133 Å². The second kappa shape index (κ2) is 40.9. The van der Waals surface area contributed by atoms with Gasteiger partial charge in [0, 0.05) is 120 Å². The molecule has 7 aromatic heterocycles. The number of ether oxygens (including phenoxy) is 4. The molecule has 0 atom stereocenters. The summed E-state index contributed by atoms with van der Waals surface area (Å²) >= 11 is 12.8. The summed E-state index contributed by atoms with van der Waals surface area (Å²) in [6, 6.07) is 74.9. The number of nitrogens with one attached hydrogen (secondary N) is 4. The molecule has 0 aliphatic carbocycles. The topological polar surface area (TPSA) is 393 Å². The molecule has 0 unspecified atom stereocenters. The van der Waals surface area contributed by atoms with Crippen LogP contribution in [0.1, 0.15) is 58.1 Å². The highest BCUT2D eigenvalue weighted by Gasteiger charge is 2.32. The van der Waals surface area contributed by atoms with Crippen LogP contribution in [-0.4, -0.2) is 169 Å². The van der Waals surface area contributed by atoms with Gasteiger partial charge in [-0.3, -0.25) is 39.1 Å². The van der Waals surface area contributed by atoms with Crippen molar-refractivity contribution in [3.63, 3.8) is 0 Å². The number of fused-ring (bicyclic) bond motifs is 4. The lowest BCUT2D eigenvalue weighted by atomic mass is 10.0. The lowest BCUT2D eigenvalue weighted by molar-refractivity contribution is 0.101. The smallest absolute Gasteiger partial charge is 0.257 e. The molecule has 20 rings (SSSR count). The van der Waals surface area contributed by atoms with E-state index in [1.807, 2.05) is 166 Å². The summed E-state index contributed by atoms with van der Waals surface area (Å²) in [4.78, 5) is 82.9. The van der Waals surface area contributed by atoms with Crippen molar-refractivity contribution in [2.24, 2.45) is 0 Å². The monoisotopic (exact) mass is 1950 g/mol. The molecule has 137 heavy (non-hydrogen) atoms. The number of pyridine rings is 7. The van der Waals surface area contributed by atoms with Gasteiger partial charge in [-0.05, 0) is 250 Å². The van der Waals surface area contributed by atoms with E-state index < -0.39 is 46.0 Å². The summed E-state index contributed by atoms with van der Waals surface area (Å²) < 4.78 is 124. The average Bonchev–Trinajstić information content (AvgIpc) is 0.838. The quantitative estimate of drug-likeness (QED) is 0.0698. The van der Waals surface area contributed by atoms with Crippen LogP contribution in [-0.2, 0) is 59.0 Å². The summed E-state index contributed by atoms with van der Waals surface area (Å²) in [5.41, 5.74) is 18.6. The van der Waals surface area contributed by atoms with Crippen LogP contribution >= 0.6 is 23.2 Å². The minimum absolute atomic E-state index is 0.0250. The van der Waals surface area contributed by atoms with Gasteiger partial charge in [-0.1, -0.05) is 65.7 Å². The van der Waals surface area contributed by atoms with E-state index in [2.05, 4.69) is 46.2 Å². The molecule has 0 radical (unpaired) electrons. The van der Waals surface area contributed by atoms with Crippen molar-refractivity contribution in [2.75, 3.05) is 115 Å². The van der Waals surface area contributed by atoms with Gasteiger partial charge in [0.15, 0.2) is 0 Å². The third-order valence-electron chi connectivity index (χ3n) is 22.8. The van der Waals surface area contributed by atoms with Crippen LogP contribution in [0.15, 0.2) is 292 Å². The van der Waals surface area contributed by atoms with Crippen LogP contribution in [0, 0.1) is 20.8 Å². The zero-order valence-corrected chi connectivity index (χ0v) is 78.3. The SMILES string of the molecule is Cc1ccc(NC(=O)c2ccc(N3COCCS3(=O)=O)cc2)cc1-c1ccc2ccccc2n1.Cc1ccc(NC(=O)c2ccc(N3COCCS3(=O)=O)cc2)cc1-c1ccc2cnccc2n1.Cc1ccc(NC(=O)c2ccc(N3COCCS3(=O)=O)cc2)cc1-c1nccc2ncccc12.O=C(Nc1ccc(Cl)c(-c2ccc3cnccc3n2)c1)c1ccc(N2COCCS2(=O)=O)cc1Cl. The number of anilines is 8. The highest BCUT2D eigenvalue weighted by Crippen LogP contribution is 2.37. The van der Waals surface area contributed by atoms with E-state index in [0.29, 0.717) is 78.5 Å². The van der Waals surface area contributed by atoms with E-state index in [4.69, 9.17) is 52.1 Å². The molecule has 9 aromatic carbocycles. The second-order valence-corrected chi connectivity index (χ2v) is 40.7. The van der Waals surface area contributed by atoms with E-state index in [1.54, 1.807) is 128 Å².